The third-order valence-corrected chi connectivity index (χ3v) is 2.53. The van der Waals surface area contributed by atoms with Gasteiger partial charge in [0.05, 0.1) is 12.7 Å². The Morgan fingerprint density at radius 2 is 2.14 bits per heavy atom. The molecule has 0 aliphatic carbocycles. The van der Waals surface area contributed by atoms with Crippen molar-refractivity contribution < 1.29 is 9.84 Å². The average Bonchev–Trinajstić information content (AvgIpc) is 2.18. The molecule has 1 atom stereocenters. The number of hydrogen-bond donors (Lipinski definition) is 1. The summed E-state index contributed by atoms with van der Waals surface area (Å²) in [4.78, 5) is 0. The Bertz CT molecular complexity index is 344. The van der Waals surface area contributed by atoms with Crippen LogP contribution in [0.2, 0.25) is 0 Å². The maximum Gasteiger partial charge on any atom is 0.121 e. The standard InChI is InChI=1S/C12H14O2/c1-9-6-7-14-12(8-9)10-4-2-3-5-11(10)13/h2-5,12-13H,1,6-8H2/t12-/m1/s1. The lowest BCUT2D eigenvalue weighted by Crippen LogP contribution is -2.13. The van der Waals surface area contributed by atoms with Crippen LogP contribution >= 0.6 is 0 Å². The Morgan fingerprint density at radius 1 is 1.36 bits per heavy atom. The van der Waals surface area contributed by atoms with E-state index in [1.165, 1.54) is 5.57 Å². The van der Waals surface area contributed by atoms with Crippen molar-refractivity contribution in [3.63, 3.8) is 0 Å². The van der Waals surface area contributed by atoms with E-state index in [0.29, 0.717) is 12.4 Å². The molecule has 1 N–H and O–H groups in total. The van der Waals surface area contributed by atoms with Crippen LogP contribution in [0.3, 0.4) is 0 Å². The van der Waals surface area contributed by atoms with Crippen LogP contribution in [0.1, 0.15) is 24.5 Å². The molecule has 74 valence electrons. The van der Waals surface area contributed by atoms with Gasteiger partial charge >= 0.3 is 0 Å². The molecule has 1 saturated heterocycles. The molecule has 14 heavy (non-hydrogen) atoms. The molecule has 0 unspecified atom stereocenters. The van der Waals surface area contributed by atoms with Crippen LogP contribution in [-0.2, 0) is 4.74 Å². The summed E-state index contributed by atoms with van der Waals surface area (Å²) in [6, 6.07) is 7.32. The highest BCUT2D eigenvalue weighted by molar-refractivity contribution is 5.34. The molecule has 0 amide bonds. The summed E-state index contributed by atoms with van der Waals surface area (Å²) < 4.78 is 5.59. The normalized spacial score (nSPS) is 22.3. The number of ether oxygens (including phenoxy) is 1. The van der Waals surface area contributed by atoms with Crippen LogP contribution in [0.15, 0.2) is 36.4 Å². The fraction of sp³-hybridized carbons (Fsp3) is 0.333. The molecule has 1 aliphatic heterocycles. The monoisotopic (exact) mass is 190 g/mol. The Morgan fingerprint density at radius 3 is 2.86 bits per heavy atom. The molecule has 1 aromatic carbocycles. The molecule has 2 heteroatoms. The lowest BCUT2D eigenvalue weighted by molar-refractivity contribution is 0.0338. The first kappa shape index (κ1) is 9.28. The van der Waals surface area contributed by atoms with Crippen LogP contribution in [0.5, 0.6) is 5.75 Å². The minimum absolute atomic E-state index is 0.0163. The van der Waals surface area contributed by atoms with Crippen molar-refractivity contribution in [2.75, 3.05) is 6.61 Å². The summed E-state index contributed by atoms with van der Waals surface area (Å²) in [5, 5.41) is 9.64. The van der Waals surface area contributed by atoms with Crippen molar-refractivity contribution in [1.29, 1.82) is 0 Å². The van der Waals surface area contributed by atoms with Crippen LogP contribution < -0.4 is 0 Å². The van der Waals surface area contributed by atoms with Crippen molar-refractivity contribution in [1.82, 2.24) is 0 Å². The number of aromatic hydroxyl groups is 1. The summed E-state index contributed by atoms with van der Waals surface area (Å²) in [6.45, 7) is 4.66. The van der Waals surface area contributed by atoms with E-state index in [9.17, 15) is 5.11 Å². The molecule has 1 fully saturated rings. The van der Waals surface area contributed by atoms with Crippen LogP contribution in [0.25, 0.3) is 0 Å². The molecule has 1 aromatic rings. The van der Waals surface area contributed by atoms with Crippen molar-refractivity contribution in [2.45, 2.75) is 18.9 Å². The van der Waals surface area contributed by atoms with Gasteiger partial charge in [0.2, 0.25) is 0 Å². The first-order valence-electron chi connectivity index (χ1n) is 4.83. The van der Waals surface area contributed by atoms with Gasteiger partial charge in [-0.05, 0) is 18.9 Å². The zero-order valence-electron chi connectivity index (χ0n) is 8.07. The van der Waals surface area contributed by atoms with E-state index in [-0.39, 0.29) is 6.10 Å². The van der Waals surface area contributed by atoms with Gasteiger partial charge in [0.25, 0.3) is 0 Å². The molecule has 0 bridgehead atoms. The van der Waals surface area contributed by atoms with Gasteiger partial charge in [0, 0.05) is 5.56 Å². The largest absolute Gasteiger partial charge is 0.508 e. The van der Waals surface area contributed by atoms with Gasteiger partial charge in [-0.3, -0.25) is 0 Å². The number of hydrogen-bond acceptors (Lipinski definition) is 2. The molecule has 2 nitrogen and oxygen atoms in total. The van der Waals surface area contributed by atoms with Crippen LogP contribution in [0, 0.1) is 0 Å². The highest BCUT2D eigenvalue weighted by atomic mass is 16.5. The highest BCUT2D eigenvalue weighted by Crippen LogP contribution is 2.34. The van der Waals surface area contributed by atoms with E-state index >= 15 is 0 Å². The van der Waals surface area contributed by atoms with Gasteiger partial charge < -0.3 is 9.84 Å². The predicted octanol–water partition coefficient (Wildman–Crippen LogP) is 2.80. The fourth-order valence-electron chi connectivity index (χ4n) is 1.73. The predicted molar refractivity (Wildman–Crippen MR) is 55.2 cm³/mol. The van der Waals surface area contributed by atoms with Crippen molar-refractivity contribution in [2.24, 2.45) is 0 Å². The van der Waals surface area contributed by atoms with E-state index in [1.807, 2.05) is 18.2 Å². The molecular weight excluding hydrogens is 176 g/mol. The average molecular weight is 190 g/mol. The van der Waals surface area contributed by atoms with E-state index in [1.54, 1.807) is 6.07 Å². The molecule has 0 aromatic heterocycles. The maximum atomic E-state index is 9.64. The SMILES string of the molecule is C=C1CCO[C@@H](c2ccccc2O)C1. The maximum absolute atomic E-state index is 9.64. The Labute approximate surface area is 83.8 Å². The van der Waals surface area contributed by atoms with Gasteiger partial charge in [0.1, 0.15) is 5.75 Å². The van der Waals surface area contributed by atoms with Crippen LogP contribution in [0.4, 0.5) is 0 Å². The first-order valence-corrected chi connectivity index (χ1v) is 4.83. The summed E-state index contributed by atoms with van der Waals surface area (Å²) in [5.41, 5.74) is 2.07. The van der Waals surface area contributed by atoms with E-state index in [2.05, 4.69) is 6.58 Å². The zero-order chi connectivity index (χ0) is 9.97. The lowest BCUT2D eigenvalue weighted by atomic mass is 9.97. The van der Waals surface area contributed by atoms with Crippen molar-refractivity contribution in [3.05, 3.63) is 42.0 Å². The van der Waals surface area contributed by atoms with E-state index in [4.69, 9.17) is 4.74 Å². The number of phenolic OH excluding ortho intramolecular Hbond substituents is 1. The quantitative estimate of drug-likeness (QED) is 0.690. The lowest BCUT2D eigenvalue weighted by Gasteiger charge is -2.25. The topological polar surface area (TPSA) is 29.5 Å². The molecule has 0 saturated carbocycles. The first-order chi connectivity index (χ1) is 6.77. The molecule has 0 spiro atoms. The second kappa shape index (κ2) is 3.84. The number of phenols is 1. The Hall–Kier alpha value is -1.28. The number of para-hydroxylation sites is 1. The van der Waals surface area contributed by atoms with Gasteiger partial charge in [-0.1, -0.05) is 30.4 Å². The second-order valence-electron chi connectivity index (χ2n) is 3.62. The minimum Gasteiger partial charge on any atom is -0.508 e. The molecular formula is C12H14O2. The third-order valence-electron chi connectivity index (χ3n) is 2.53. The van der Waals surface area contributed by atoms with Crippen molar-refractivity contribution in [3.8, 4) is 5.75 Å². The Kier molecular flexibility index (Phi) is 2.55. The van der Waals surface area contributed by atoms with Gasteiger partial charge in [-0.15, -0.1) is 0 Å². The van der Waals surface area contributed by atoms with Crippen LogP contribution in [-0.4, -0.2) is 11.7 Å². The van der Waals surface area contributed by atoms with E-state index < -0.39 is 0 Å². The highest BCUT2D eigenvalue weighted by Gasteiger charge is 2.20. The molecule has 1 heterocycles. The summed E-state index contributed by atoms with van der Waals surface area (Å²) >= 11 is 0. The molecule has 1 aliphatic rings. The Balaban J connectivity index is 2.22. The fourth-order valence-corrected chi connectivity index (χ4v) is 1.73. The number of benzene rings is 1. The smallest absolute Gasteiger partial charge is 0.121 e. The van der Waals surface area contributed by atoms with Crippen molar-refractivity contribution >= 4 is 0 Å². The zero-order valence-corrected chi connectivity index (χ0v) is 8.07. The molecule has 0 radical (unpaired) electrons. The summed E-state index contributed by atoms with van der Waals surface area (Å²) in [5.74, 6) is 0.312. The number of rotatable bonds is 1. The summed E-state index contributed by atoms with van der Waals surface area (Å²) in [6.07, 6.45) is 1.74. The van der Waals surface area contributed by atoms with Gasteiger partial charge in [-0.25, -0.2) is 0 Å². The van der Waals surface area contributed by atoms with Gasteiger partial charge in [-0.2, -0.15) is 0 Å². The van der Waals surface area contributed by atoms with Gasteiger partial charge in [0.15, 0.2) is 0 Å². The molecule has 2 rings (SSSR count). The minimum atomic E-state index is -0.0163. The second-order valence-corrected chi connectivity index (χ2v) is 3.62. The summed E-state index contributed by atoms with van der Waals surface area (Å²) in [7, 11) is 0. The third kappa shape index (κ3) is 1.80. The van der Waals surface area contributed by atoms with E-state index in [0.717, 1.165) is 18.4 Å².